The van der Waals surface area contributed by atoms with Crippen LogP contribution in [0.4, 0.5) is 9.59 Å². The first-order valence-electron chi connectivity index (χ1n) is 20.5. The third kappa shape index (κ3) is 8.39. The minimum absolute atomic E-state index is 0.00328. The van der Waals surface area contributed by atoms with Gasteiger partial charge in [0.1, 0.15) is 23.7 Å². The van der Waals surface area contributed by atoms with Crippen LogP contribution in [0.5, 0.6) is 0 Å². The maximum Gasteiger partial charge on any atom is 0.407 e. The van der Waals surface area contributed by atoms with E-state index in [9.17, 15) is 24.3 Å². The molecular weight excluding hydrogens is 749 g/mol. The van der Waals surface area contributed by atoms with Crippen molar-refractivity contribution < 1.29 is 29.0 Å². The van der Waals surface area contributed by atoms with Crippen molar-refractivity contribution in [2.24, 2.45) is 11.8 Å². The second-order valence-electron chi connectivity index (χ2n) is 16.6. The highest BCUT2D eigenvalue weighted by Gasteiger charge is 2.42. The van der Waals surface area contributed by atoms with Crippen LogP contribution in [0.25, 0.3) is 44.4 Å². The van der Waals surface area contributed by atoms with Gasteiger partial charge in [-0.1, -0.05) is 76.2 Å². The number of benzene rings is 3. The van der Waals surface area contributed by atoms with E-state index in [0.717, 1.165) is 75.9 Å². The van der Waals surface area contributed by atoms with E-state index in [1.165, 1.54) is 7.11 Å². The lowest BCUT2D eigenvalue weighted by Gasteiger charge is -2.32. The Kier molecular flexibility index (Phi) is 11.8. The summed E-state index contributed by atoms with van der Waals surface area (Å²) in [6.45, 7) is 11.5. The summed E-state index contributed by atoms with van der Waals surface area (Å²) in [5.74, 6) is 0.717. The van der Waals surface area contributed by atoms with Crippen LogP contribution in [0.3, 0.4) is 0 Å². The van der Waals surface area contributed by atoms with Gasteiger partial charge in [-0.05, 0) is 85.4 Å². The monoisotopic (exact) mass is 802 g/mol. The van der Waals surface area contributed by atoms with Crippen molar-refractivity contribution in [3.8, 4) is 33.6 Å². The molecule has 59 heavy (non-hydrogen) atoms. The molecule has 4 heterocycles. The molecule has 3 aromatic carbocycles. The number of carbonyl (C=O) groups is 4. The van der Waals surface area contributed by atoms with E-state index in [4.69, 9.17) is 14.7 Å². The predicted molar refractivity (Wildman–Crippen MR) is 225 cm³/mol. The summed E-state index contributed by atoms with van der Waals surface area (Å²) >= 11 is 0. The van der Waals surface area contributed by atoms with Crippen LogP contribution >= 0.6 is 0 Å². The Labute approximate surface area is 344 Å². The SMILES string of the molecule is COC(=O)N[C@H](C(=O)N1[C@H](C)CC[C@H]1c1nc(-c2ccc3cc(-c4ccc(-c5c[nH]c([C@@H]6CC[C@@H](C)N6C(=O)[C@@H](NC(=O)O)C(C)C)n5)cc4)ccc3c2)c[nH]1)C(C)C. The van der Waals surface area contributed by atoms with Crippen molar-refractivity contribution in [3.05, 3.63) is 84.7 Å². The van der Waals surface area contributed by atoms with Gasteiger partial charge in [0.15, 0.2) is 0 Å². The van der Waals surface area contributed by atoms with E-state index in [2.05, 4.69) is 69.1 Å². The molecule has 14 nitrogen and oxygen atoms in total. The summed E-state index contributed by atoms with van der Waals surface area (Å²) in [7, 11) is 1.29. The number of hydrogen-bond donors (Lipinski definition) is 5. The predicted octanol–water partition coefficient (Wildman–Crippen LogP) is 8.06. The van der Waals surface area contributed by atoms with Gasteiger partial charge < -0.3 is 40.2 Å². The molecule has 4 amide bonds. The Morgan fingerprint density at radius 1 is 0.661 bits per heavy atom. The summed E-state index contributed by atoms with van der Waals surface area (Å²) in [5, 5.41) is 16.7. The number of likely N-dealkylation sites (tertiary alicyclic amines) is 2. The second kappa shape index (κ2) is 17.0. The first kappa shape index (κ1) is 41.0. The number of aromatic nitrogens is 4. The summed E-state index contributed by atoms with van der Waals surface area (Å²) < 4.78 is 4.79. The van der Waals surface area contributed by atoms with Gasteiger partial charge in [-0.25, -0.2) is 19.6 Å². The fraction of sp³-hybridized carbons (Fsp3) is 0.422. The molecule has 2 aromatic heterocycles. The molecule has 6 atom stereocenters. The molecule has 2 aliphatic heterocycles. The van der Waals surface area contributed by atoms with Crippen LogP contribution in [0.2, 0.25) is 0 Å². The van der Waals surface area contributed by atoms with Gasteiger partial charge in [-0.2, -0.15) is 0 Å². The molecule has 5 N–H and O–H groups in total. The Balaban J connectivity index is 1.04. The summed E-state index contributed by atoms with van der Waals surface area (Å²) in [4.78, 5) is 71.1. The largest absolute Gasteiger partial charge is 0.465 e. The number of methoxy groups -OCH3 is 1. The average Bonchev–Trinajstić information content (AvgIpc) is 4.05. The maximum absolute atomic E-state index is 13.8. The number of hydrogen-bond acceptors (Lipinski definition) is 7. The van der Waals surface area contributed by atoms with Crippen LogP contribution < -0.4 is 10.6 Å². The maximum atomic E-state index is 13.8. The standard InChI is InChI=1S/C45H54N8O6/c1-24(2)38(50-44(56)57)42(54)52-26(5)8-18-36(52)40-46-22-34(48-40)29-12-10-28(11-13-29)30-14-15-32-21-33(17-16-31(32)20-30)35-23-47-41(49-35)37-19-9-27(6)53(37)43(55)39(25(3)4)51-45(58)59-7/h10-17,20-27,36-39,50H,8-9,18-19H2,1-7H3,(H,46,48)(H,47,49)(H,51,58)(H,56,57)/t26-,27-,36+,37+,38+,39+/m1/s1. The lowest BCUT2D eigenvalue weighted by Crippen LogP contribution is -2.52. The lowest BCUT2D eigenvalue weighted by molar-refractivity contribution is -0.138. The number of carbonyl (C=O) groups excluding carboxylic acids is 3. The second-order valence-corrected chi connectivity index (χ2v) is 16.6. The van der Waals surface area contributed by atoms with Crippen LogP contribution in [0.1, 0.15) is 91.0 Å². The van der Waals surface area contributed by atoms with E-state index >= 15 is 0 Å². The summed E-state index contributed by atoms with van der Waals surface area (Å²) in [5.41, 5.74) is 5.60. The zero-order chi connectivity index (χ0) is 42.1. The van der Waals surface area contributed by atoms with Crippen molar-refractivity contribution in [1.82, 2.24) is 40.4 Å². The number of imidazole rings is 2. The molecule has 0 bridgehead atoms. The highest BCUT2D eigenvalue weighted by Crippen LogP contribution is 2.39. The van der Waals surface area contributed by atoms with Crippen LogP contribution in [-0.2, 0) is 14.3 Å². The number of nitrogens with one attached hydrogen (secondary N) is 4. The zero-order valence-corrected chi connectivity index (χ0v) is 34.7. The van der Waals surface area contributed by atoms with E-state index in [0.29, 0.717) is 5.82 Å². The Bertz CT molecular complexity index is 2330. The molecule has 7 rings (SSSR count). The van der Waals surface area contributed by atoms with Crippen molar-refractivity contribution in [3.63, 3.8) is 0 Å². The number of alkyl carbamates (subject to hydrolysis) is 1. The minimum Gasteiger partial charge on any atom is -0.465 e. The van der Waals surface area contributed by atoms with E-state index in [1.807, 2.05) is 71.0 Å². The molecule has 0 radical (unpaired) electrons. The molecule has 2 aliphatic rings. The van der Waals surface area contributed by atoms with Gasteiger partial charge >= 0.3 is 12.2 Å². The third-order valence-corrected chi connectivity index (χ3v) is 11.9. The summed E-state index contributed by atoms with van der Waals surface area (Å²) in [6, 6.07) is 18.8. The quantitative estimate of drug-likeness (QED) is 0.0888. The topological polar surface area (TPSA) is 186 Å². The molecule has 0 spiro atoms. The lowest BCUT2D eigenvalue weighted by atomic mass is 9.98. The number of aromatic amines is 2. The van der Waals surface area contributed by atoms with Crippen molar-refractivity contribution >= 4 is 34.8 Å². The van der Waals surface area contributed by atoms with Gasteiger partial charge in [0.05, 0.1) is 30.6 Å². The van der Waals surface area contributed by atoms with E-state index in [-0.39, 0.29) is 47.8 Å². The zero-order valence-electron chi connectivity index (χ0n) is 34.7. The van der Waals surface area contributed by atoms with Crippen molar-refractivity contribution in [1.29, 1.82) is 0 Å². The van der Waals surface area contributed by atoms with Gasteiger partial charge in [-0.3, -0.25) is 9.59 Å². The van der Waals surface area contributed by atoms with Crippen molar-refractivity contribution in [2.45, 2.75) is 103 Å². The normalized spacial score (nSPS) is 20.3. The average molecular weight is 803 g/mol. The number of H-pyrrole nitrogens is 2. The van der Waals surface area contributed by atoms with Gasteiger partial charge in [-0.15, -0.1) is 0 Å². The van der Waals surface area contributed by atoms with Crippen LogP contribution in [-0.4, -0.2) is 90.1 Å². The van der Waals surface area contributed by atoms with Crippen LogP contribution in [0, 0.1) is 11.8 Å². The number of carboxylic acid groups (broad SMARTS) is 1. The Hall–Kier alpha value is -6.18. The fourth-order valence-corrected chi connectivity index (χ4v) is 8.64. The minimum atomic E-state index is -1.21. The molecule has 5 aromatic rings. The highest BCUT2D eigenvalue weighted by atomic mass is 16.5. The van der Waals surface area contributed by atoms with E-state index < -0.39 is 24.3 Å². The number of rotatable bonds is 11. The molecular formula is C45H54N8O6. The molecule has 0 saturated carbocycles. The Morgan fingerprint density at radius 3 is 1.59 bits per heavy atom. The molecule has 0 aliphatic carbocycles. The van der Waals surface area contributed by atoms with Crippen molar-refractivity contribution in [2.75, 3.05) is 7.11 Å². The first-order chi connectivity index (χ1) is 28.2. The third-order valence-electron chi connectivity index (χ3n) is 11.9. The molecule has 2 fully saturated rings. The number of fused-ring (bicyclic) bond motifs is 1. The van der Waals surface area contributed by atoms with Gasteiger partial charge in [0.25, 0.3) is 0 Å². The molecule has 2 saturated heterocycles. The molecule has 0 unspecified atom stereocenters. The molecule has 14 heteroatoms. The highest BCUT2D eigenvalue weighted by molar-refractivity contribution is 5.91. The first-order valence-corrected chi connectivity index (χ1v) is 20.5. The van der Waals surface area contributed by atoms with Gasteiger partial charge in [0, 0.05) is 35.6 Å². The number of amides is 4. The number of ether oxygens (including phenoxy) is 1. The summed E-state index contributed by atoms with van der Waals surface area (Å²) in [6.07, 6.45) is 5.04. The van der Waals surface area contributed by atoms with E-state index in [1.54, 1.807) is 4.90 Å². The van der Waals surface area contributed by atoms with Crippen LogP contribution in [0.15, 0.2) is 73.1 Å². The molecule has 310 valence electrons. The number of nitrogens with zero attached hydrogens (tertiary/aromatic N) is 4. The fourth-order valence-electron chi connectivity index (χ4n) is 8.64. The Morgan fingerprint density at radius 2 is 1.10 bits per heavy atom. The smallest absolute Gasteiger partial charge is 0.407 e. The van der Waals surface area contributed by atoms with Gasteiger partial charge in [0.2, 0.25) is 11.8 Å².